The van der Waals surface area contributed by atoms with Crippen LogP contribution in [0.1, 0.15) is 19.4 Å². The largest absolute Gasteiger partial charge is 0.325 e. The van der Waals surface area contributed by atoms with E-state index in [1.807, 2.05) is 26.0 Å². The third-order valence-electron chi connectivity index (χ3n) is 3.07. The SMILES string of the molecule is CC(C)(C(=O)Nc1ccncc1)c1ccc(Cl)cc1. The number of rotatable bonds is 3. The third-order valence-corrected chi connectivity index (χ3v) is 3.32. The second kappa shape index (κ2) is 5.41. The lowest BCUT2D eigenvalue weighted by Crippen LogP contribution is -2.34. The summed E-state index contributed by atoms with van der Waals surface area (Å²) >= 11 is 5.86. The fourth-order valence-electron chi connectivity index (χ4n) is 1.72. The van der Waals surface area contributed by atoms with Crippen LogP contribution in [0.5, 0.6) is 0 Å². The molecular formula is C15H15ClN2O. The molecule has 0 aliphatic carbocycles. The summed E-state index contributed by atoms with van der Waals surface area (Å²) in [6.45, 7) is 3.76. The molecule has 0 saturated carbocycles. The lowest BCUT2D eigenvalue weighted by molar-refractivity contribution is -0.120. The minimum atomic E-state index is -0.631. The molecule has 0 fully saturated rings. The van der Waals surface area contributed by atoms with Crippen LogP contribution in [0, 0.1) is 0 Å². The minimum Gasteiger partial charge on any atom is -0.325 e. The van der Waals surface area contributed by atoms with Gasteiger partial charge in [-0.3, -0.25) is 9.78 Å². The normalized spacial score (nSPS) is 11.1. The van der Waals surface area contributed by atoms with E-state index in [2.05, 4.69) is 10.3 Å². The smallest absolute Gasteiger partial charge is 0.234 e. The third kappa shape index (κ3) is 3.12. The average molecular weight is 275 g/mol. The van der Waals surface area contributed by atoms with Crippen molar-refractivity contribution in [2.75, 3.05) is 5.32 Å². The van der Waals surface area contributed by atoms with E-state index in [0.29, 0.717) is 5.02 Å². The van der Waals surface area contributed by atoms with Crippen LogP contribution < -0.4 is 5.32 Å². The van der Waals surface area contributed by atoms with E-state index in [9.17, 15) is 4.79 Å². The fraction of sp³-hybridized carbons (Fsp3) is 0.200. The molecule has 1 heterocycles. The molecule has 1 aromatic carbocycles. The van der Waals surface area contributed by atoms with E-state index >= 15 is 0 Å². The summed E-state index contributed by atoms with van der Waals surface area (Å²) in [4.78, 5) is 16.3. The molecule has 0 radical (unpaired) electrons. The van der Waals surface area contributed by atoms with Gasteiger partial charge in [-0.1, -0.05) is 23.7 Å². The Bertz CT molecular complexity index is 564. The van der Waals surface area contributed by atoms with E-state index in [4.69, 9.17) is 11.6 Å². The molecular weight excluding hydrogens is 260 g/mol. The van der Waals surface area contributed by atoms with Gasteiger partial charge >= 0.3 is 0 Å². The van der Waals surface area contributed by atoms with Crippen molar-refractivity contribution in [3.8, 4) is 0 Å². The molecule has 0 atom stereocenters. The van der Waals surface area contributed by atoms with Gasteiger partial charge in [0.15, 0.2) is 0 Å². The summed E-state index contributed by atoms with van der Waals surface area (Å²) in [6.07, 6.45) is 3.29. The zero-order valence-corrected chi connectivity index (χ0v) is 11.6. The molecule has 0 bridgehead atoms. The standard InChI is InChI=1S/C15H15ClN2O/c1-15(2,11-3-5-12(16)6-4-11)14(19)18-13-7-9-17-10-8-13/h3-10H,1-2H3,(H,17,18,19). The molecule has 19 heavy (non-hydrogen) atoms. The number of amides is 1. The van der Waals surface area contributed by atoms with Crippen molar-refractivity contribution in [1.82, 2.24) is 4.98 Å². The van der Waals surface area contributed by atoms with Crippen LogP contribution in [0.4, 0.5) is 5.69 Å². The summed E-state index contributed by atoms with van der Waals surface area (Å²) in [5, 5.41) is 3.54. The van der Waals surface area contributed by atoms with Crippen LogP contribution in [0.15, 0.2) is 48.8 Å². The Labute approximate surface area is 117 Å². The van der Waals surface area contributed by atoms with Crippen molar-refractivity contribution in [2.24, 2.45) is 0 Å². The summed E-state index contributed by atoms with van der Waals surface area (Å²) in [5.74, 6) is -0.0685. The van der Waals surface area contributed by atoms with Gasteiger partial charge in [-0.2, -0.15) is 0 Å². The molecule has 0 aliphatic rings. The Morgan fingerprint density at radius 3 is 2.26 bits per heavy atom. The number of pyridine rings is 1. The molecule has 1 aromatic heterocycles. The first-order chi connectivity index (χ1) is 9.00. The van der Waals surface area contributed by atoms with Crippen LogP contribution >= 0.6 is 11.6 Å². The van der Waals surface area contributed by atoms with E-state index in [0.717, 1.165) is 11.3 Å². The van der Waals surface area contributed by atoms with E-state index in [1.54, 1.807) is 36.7 Å². The predicted octanol–water partition coefficient (Wildman–Crippen LogP) is 3.65. The zero-order chi connectivity index (χ0) is 13.9. The van der Waals surface area contributed by atoms with Crippen molar-refractivity contribution in [3.63, 3.8) is 0 Å². The summed E-state index contributed by atoms with van der Waals surface area (Å²) in [5.41, 5.74) is 1.03. The van der Waals surface area contributed by atoms with Crippen LogP contribution in [-0.2, 0) is 10.2 Å². The van der Waals surface area contributed by atoms with E-state index < -0.39 is 5.41 Å². The van der Waals surface area contributed by atoms with Gasteiger partial charge in [0.05, 0.1) is 5.41 Å². The second-order valence-corrected chi connectivity index (χ2v) is 5.26. The van der Waals surface area contributed by atoms with Crippen molar-refractivity contribution < 1.29 is 4.79 Å². The Kier molecular flexibility index (Phi) is 3.86. The zero-order valence-electron chi connectivity index (χ0n) is 10.9. The predicted molar refractivity (Wildman–Crippen MR) is 77.3 cm³/mol. The second-order valence-electron chi connectivity index (χ2n) is 4.82. The maximum absolute atomic E-state index is 12.4. The molecule has 0 aliphatic heterocycles. The van der Waals surface area contributed by atoms with Crippen molar-refractivity contribution in [2.45, 2.75) is 19.3 Å². The van der Waals surface area contributed by atoms with Crippen LogP contribution in [0.25, 0.3) is 0 Å². The first kappa shape index (κ1) is 13.6. The van der Waals surface area contributed by atoms with Crippen molar-refractivity contribution in [3.05, 3.63) is 59.4 Å². The topological polar surface area (TPSA) is 42.0 Å². The van der Waals surface area contributed by atoms with Gasteiger partial charge < -0.3 is 5.32 Å². The van der Waals surface area contributed by atoms with Crippen molar-refractivity contribution in [1.29, 1.82) is 0 Å². The highest BCUT2D eigenvalue weighted by molar-refractivity contribution is 6.30. The number of aromatic nitrogens is 1. The number of carbonyl (C=O) groups is 1. The Morgan fingerprint density at radius 2 is 1.68 bits per heavy atom. The van der Waals surface area contributed by atoms with Crippen LogP contribution in [0.3, 0.4) is 0 Å². The quantitative estimate of drug-likeness (QED) is 0.928. The Morgan fingerprint density at radius 1 is 1.11 bits per heavy atom. The Hall–Kier alpha value is -1.87. The Balaban J connectivity index is 2.19. The van der Waals surface area contributed by atoms with E-state index in [1.165, 1.54) is 0 Å². The number of hydrogen-bond donors (Lipinski definition) is 1. The van der Waals surface area contributed by atoms with Gasteiger partial charge in [0.2, 0.25) is 5.91 Å². The fourth-order valence-corrected chi connectivity index (χ4v) is 1.85. The van der Waals surface area contributed by atoms with E-state index in [-0.39, 0.29) is 5.91 Å². The monoisotopic (exact) mass is 274 g/mol. The molecule has 0 unspecified atom stereocenters. The average Bonchev–Trinajstić information content (AvgIpc) is 2.40. The molecule has 0 spiro atoms. The minimum absolute atomic E-state index is 0.0685. The molecule has 2 aromatic rings. The highest BCUT2D eigenvalue weighted by atomic mass is 35.5. The van der Waals surface area contributed by atoms with Gasteiger partial charge in [-0.25, -0.2) is 0 Å². The molecule has 4 heteroatoms. The number of benzene rings is 1. The lowest BCUT2D eigenvalue weighted by atomic mass is 9.83. The van der Waals surface area contributed by atoms with Gasteiger partial charge in [-0.05, 0) is 43.7 Å². The summed E-state index contributed by atoms with van der Waals surface area (Å²) < 4.78 is 0. The molecule has 2 rings (SSSR count). The molecule has 1 N–H and O–H groups in total. The number of nitrogens with zero attached hydrogens (tertiary/aromatic N) is 1. The number of hydrogen-bond acceptors (Lipinski definition) is 2. The maximum atomic E-state index is 12.4. The molecule has 3 nitrogen and oxygen atoms in total. The maximum Gasteiger partial charge on any atom is 0.234 e. The van der Waals surface area contributed by atoms with Gasteiger partial charge in [-0.15, -0.1) is 0 Å². The van der Waals surface area contributed by atoms with Gasteiger partial charge in [0, 0.05) is 23.1 Å². The highest BCUT2D eigenvalue weighted by Crippen LogP contribution is 2.26. The summed E-state index contributed by atoms with van der Waals surface area (Å²) in [6, 6.07) is 10.8. The van der Waals surface area contributed by atoms with Crippen LogP contribution in [0.2, 0.25) is 5.02 Å². The molecule has 98 valence electrons. The summed E-state index contributed by atoms with van der Waals surface area (Å²) in [7, 11) is 0. The van der Waals surface area contributed by atoms with Crippen LogP contribution in [-0.4, -0.2) is 10.9 Å². The number of nitrogens with one attached hydrogen (secondary N) is 1. The van der Waals surface area contributed by atoms with Gasteiger partial charge in [0.1, 0.15) is 0 Å². The highest BCUT2D eigenvalue weighted by Gasteiger charge is 2.29. The molecule has 0 saturated heterocycles. The first-order valence-corrected chi connectivity index (χ1v) is 6.35. The van der Waals surface area contributed by atoms with Crippen molar-refractivity contribution >= 4 is 23.2 Å². The number of carbonyl (C=O) groups excluding carboxylic acids is 1. The van der Waals surface area contributed by atoms with Gasteiger partial charge in [0.25, 0.3) is 0 Å². The first-order valence-electron chi connectivity index (χ1n) is 5.97. The number of halogens is 1. The molecule has 1 amide bonds. The number of anilines is 1. The lowest BCUT2D eigenvalue weighted by Gasteiger charge is -2.24.